The Morgan fingerprint density at radius 3 is 1.28 bits per heavy atom. The summed E-state index contributed by atoms with van der Waals surface area (Å²) in [4.78, 5) is 1.92. The van der Waals surface area contributed by atoms with Crippen molar-refractivity contribution < 1.29 is 52.9 Å². The van der Waals surface area contributed by atoms with Crippen molar-refractivity contribution in [3.8, 4) is 11.4 Å². The average Bonchev–Trinajstić information content (AvgIpc) is 3.81. The molecule has 0 aliphatic carbocycles. The molecule has 8 heterocycles. The van der Waals surface area contributed by atoms with E-state index in [9.17, 15) is 0 Å². The molecular formula is C24H14B4F8N8S2. The topological polar surface area (TPSA) is 28.4 Å². The van der Waals surface area contributed by atoms with E-state index in [1.54, 1.807) is 24.3 Å². The molecule has 0 saturated heterocycles. The summed E-state index contributed by atoms with van der Waals surface area (Å²) in [5, 5.41) is -0.825. The van der Waals surface area contributed by atoms with Crippen molar-refractivity contribution in [3.05, 3.63) is 84.2 Å². The molecule has 0 unspecified atom stereocenters. The molecule has 0 amide bonds. The van der Waals surface area contributed by atoms with E-state index in [-0.39, 0.29) is 52.5 Å². The highest BCUT2D eigenvalue weighted by Gasteiger charge is 2.75. The van der Waals surface area contributed by atoms with Crippen LogP contribution in [0.3, 0.4) is 0 Å². The van der Waals surface area contributed by atoms with Crippen LogP contribution in [-0.2, 0) is 0 Å². The molecule has 230 valence electrons. The fraction of sp³-hybridized carbons (Fsp3) is 0. The molecule has 10 rings (SSSR count). The van der Waals surface area contributed by atoms with Gasteiger partial charge in [0.05, 0.1) is 21.2 Å². The zero-order valence-corrected chi connectivity index (χ0v) is 24.4. The van der Waals surface area contributed by atoms with Gasteiger partial charge < -0.3 is 43.5 Å². The predicted octanol–water partition coefficient (Wildman–Crippen LogP) is 4.86. The largest absolute Gasteiger partial charge is 0.870 e. The molecule has 2 aromatic heterocycles. The Hall–Kier alpha value is -4.32. The first kappa shape index (κ1) is 26.9. The van der Waals surface area contributed by atoms with E-state index >= 15 is 34.5 Å². The summed E-state index contributed by atoms with van der Waals surface area (Å²) in [5.74, 6) is 0. The summed E-state index contributed by atoms with van der Waals surface area (Å²) in [6.45, 7) is -19.6. The van der Waals surface area contributed by atoms with Crippen LogP contribution in [0, 0.1) is 0 Å². The second-order valence-corrected chi connectivity index (χ2v) is 13.6. The molecule has 0 fully saturated rings. The van der Waals surface area contributed by atoms with Gasteiger partial charge in [0.2, 0.25) is 0 Å². The Bertz CT molecular complexity index is 2120. The molecule has 8 nitrogen and oxygen atoms in total. The Balaban J connectivity index is 1.16. The zero-order valence-electron chi connectivity index (χ0n) is 22.8. The summed E-state index contributed by atoms with van der Waals surface area (Å²) >= 11 is 1.52. The molecule has 2 aromatic carbocycles. The van der Waals surface area contributed by atoms with Gasteiger partial charge in [-0.3, -0.25) is 9.62 Å². The van der Waals surface area contributed by atoms with Crippen LogP contribution in [0.1, 0.15) is 11.4 Å². The average molecular weight is 674 g/mol. The van der Waals surface area contributed by atoms with Gasteiger partial charge >= 0.3 is 27.9 Å². The summed E-state index contributed by atoms with van der Waals surface area (Å²) in [7, 11) is 0. The molecule has 6 aliphatic heterocycles. The number of aromatic nitrogens is 2. The number of hydrogen-bond acceptors (Lipinski definition) is 4. The number of para-hydroxylation sites is 2. The zero-order chi connectivity index (χ0) is 31.7. The van der Waals surface area contributed by atoms with Crippen LogP contribution in [0.2, 0.25) is 0 Å². The number of hydrazone groups is 4. The number of thioether (sulfide) groups is 2. The molecule has 0 bridgehead atoms. The quantitative estimate of drug-likeness (QED) is 0.213. The number of hydrogen-bond donors (Lipinski definition) is 0. The highest BCUT2D eigenvalue weighted by molar-refractivity contribution is 8.15. The molecule has 0 spiro atoms. The first-order valence-corrected chi connectivity index (χ1v) is 15.7. The number of anilines is 2. The van der Waals surface area contributed by atoms with Gasteiger partial charge in [-0.25, -0.2) is 0 Å². The molecule has 0 radical (unpaired) electrons. The Labute approximate surface area is 262 Å². The third-order valence-corrected chi connectivity index (χ3v) is 11.4. The lowest BCUT2D eigenvalue weighted by atomic mass is 9.90. The maximum atomic E-state index is 16.7. The number of nitrogens with zero attached hydrogens (tertiary/aromatic N) is 8. The standard InChI is InChI=1S/C24H14B4F8N8S2/c29-25(30)37-13-15-9-11-17(39(15)27(33,34)43(37)23-41(25)19-5-1-3-7-21(19)45-23)18-12-10-16-14-38-26(31,32)42-20-6-2-4-8-22(20)46-24(42)44(38)28(35,36)40(16)18/h1-14H. The monoisotopic (exact) mass is 674 g/mol. The number of rotatable bonds is 1. The fourth-order valence-corrected chi connectivity index (χ4v) is 9.77. The smallest absolute Gasteiger partial charge is 0.411 e. The van der Waals surface area contributed by atoms with Crippen LogP contribution in [0.25, 0.3) is 11.4 Å². The van der Waals surface area contributed by atoms with Crippen molar-refractivity contribution in [2.75, 3.05) is 9.62 Å². The van der Waals surface area contributed by atoms with Crippen LogP contribution in [0.5, 0.6) is 0 Å². The van der Waals surface area contributed by atoms with Crippen LogP contribution in [-0.4, -0.2) is 78.0 Å². The third kappa shape index (κ3) is 2.88. The van der Waals surface area contributed by atoms with Crippen molar-refractivity contribution in [1.82, 2.24) is 8.96 Å². The molecular weight excluding hydrogens is 660 g/mol. The Morgan fingerprint density at radius 1 is 0.478 bits per heavy atom. The van der Waals surface area contributed by atoms with Crippen molar-refractivity contribution in [3.63, 3.8) is 0 Å². The maximum Gasteiger partial charge on any atom is 0.870 e. The summed E-state index contributed by atoms with van der Waals surface area (Å²) < 4.78 is 132. The summed E-state index contributed by atoms with van der Waals surface area (Å²) in [5.41, 5.74) is -1.27. The Morgan fingerprint density at radius 2 is 0.870 bits per heavy atom. The molecule has 46 heavy (non-hydrogen) atoms. The van der Waals surface area contributed by atoms with Crippen molar-refractivity contribution >= 4 is 85.5 Å². The van der Waals surface area contributed by atoms with Crippen LogP contribution in [0.4, 0.5) is 45.9 Å². The number of hydrazine groups is 2. The third-order valence-electron chi connectivity index (χ3n) is 9.11. The minimum Gasteiger partial charge on any atom is -0.411 e. The highest BCUT2D eigenvalue weighted by Crippen LogP contribution is 2.50. The van der Waals surface area contributed by atoms with E-state index in [4.69, 9.17) is 0 Å². The lowest BCUT2D eigenvalue weighted by Gasteiger charge is -2.34. The van der Waals surface area contributed by atoms with Gasteiger partial charge in [-0.05, 0) is 72.1 Å². The Kier molecular flexibility index (Phi) is 4.65. The van der Waals surface area contributed by atoms with Gasteiger partial charge in [-0.1, -0.05) is 24.3 Å². The van der Waals surface area contributed by atoms with E-state index < -0.39 is 38.2 Å². The lowest BCUT2D eigenvalue weighted by molar-refractivity contribution is -1.00. The predicted molar refractivity (Wildman–Crippen MR) is 161 cm³/mol. The fourth-order valence-electron chi connectivity index (χ4n) is 7.26. The summed E-state index contributed by atoms with van der Waals surface area (Å²) in [6, 6.07) is 16.8. The van der Waals surface area contributed by atoms with Gasteiger partial charge in [-0.15, -0.1) is 0 Å². The normalized spacial score (nSPS) is 22.9. The van der Waals surface area contributed by atoms with Crippen molar-refractivity contribution in [1.29, 1.82) is 0 Å². The van der Waals surface area contributed by atoms with Gasteiger partial charge in [0.1, 0.15) is 11.4 Å². The highest BCUT2D eigenvalue weighted by atomic mass is 32.2. The molecule has 0 saturated carbocycles. The van der Waals surface area contributed by atoms with E-state index in [1.807, 2.05) is 0 Å². The SMILES string of the molecule is F[B-]1(F)N2C(=[N+]3[N+]1=Cc1ccc(-c4ccc5n4[B-](F)(F)[N+]4=C6Sc7ccccc7N6[B-](F)(F)[N+]4=C5)n1[B-]3(F)F)Sc1ccccc12. The van der Waals surface area contributed by atoms with Crippen molar-refractivity contribution in [2.45, 2.75) is 9.79 Å². The molecule has 6 aliphatic rings. The van der Waals surface area contributed by atoms with Gasteiger partial charge in [0, 0.05) is 11.4 Å². The van der Waals surface area contributed by atoms with Gasteiger partial charge in [0.15, 0.2) is 12.4 Å². The second kappa shape index (κ2) is 7.96. The molecule has 0 atom stereocenters. The van der Waals surface area contributed by atoms with E-state index in [2.05, 4.69) is 0 Å². The van der Waals surface area contributed by atoms with E-state index in [0.717, 1.165) is 60.2 Å². The summed E-state index contributed by atoms with van der Waals surface area (Å²) in [6.07, 6.45) is 1.75. The van der Waals surface area contributed by atoms with Crippen LogP contribution >= 0.6 is 23.5 Å². The minimum atomic E-state index is -5.07. The van der Waals surface area contributed by atoms with E-state index in [0.29, 0.717) is 28.4 Å². The minimum absolute atomic E-state index is 0.0809. The first-order valence-electron chi connectivity index (χ1n) is 14.1. The van der Waals surface area contributed by atoms with Crippen LogP contribution < -0.4 is 9.62 Å². The number of fused-ring (bicyclic) bond motifs is 10. The van der Waals surface area contributed by atoms with Gasteiger partial charge in [-0.2, -0.15) is 18.4 Å². The molecule has 22 heteroatoms. The lowest BCUT2D eigenvalue weighted by Crippen LogP contribution is -2.61. The maximum absolute atomic E-state index is 16.7. The van der Waals surface area contributed by atoms with Gasteiger partial charge in [0.25, 0.3) is 10.3 Å². The molecule has 0 N–H and O–H groups in total. The first-order chi connectivity index (χ1) is 21.8. The number of benzene rings is 2. The van der Waals surface area contributed by atoms with Crippen molar-refractivity contribution in [2.24, 2.45) is 0 Å². The molecule has 4 aromatic rings. The van der Waals surface area contributed by atoms with Crippen LogP contribution in [0.15, 0.2) is 82.6 Å². The number of amidine groups is 2. The number of halogens is 8. The second-order valence-electron chi connectivity index (χ2n) is 11.5. The van der Waals surface area contributed by atoms with E-state index in [1.165, 1.54) is 24.3 Å².